The highest BCUT2D eigenvalue weighted by molar-refractivity contribution is 7.99. The van der Waals surface area contributed by atoms with Crippen molar-refractivity contribution in [2.75, 3.05) is 31.2 Å². The van der Waals surface area contributed by atoms with E-state index < -0.39 is 11.4 Å². The Hall–Kier alpha value is 0.150. The number of nitrogens with one attached hydrogen (secondary N) is 1. The van der Waals surface area contributed by atoms with Crippen molar-refractivity contribution < 1.29 is 19.2 Å². The molecule has 5 nitrogen and oxygen atoms in total. The number of fused-ring (bicyclic) bond motifs is 3. The Morgan fingerprint density at radius 2 is 1.76 bits per heavy atom. The highest BCUT2D eigenvalue weighted by Gasteiger charge is 2.67. The van der Waals surface area contributed by atoms with Crippen molar-refractivity contribution in [3.63, 3.8) is 0 Å². The zero-order chi connectivity index (χ0) is 18.1. The van der Waals surface area contributed by atoms with Gasteiger partial charge >= 0.3 is 0 Å². The number of ether oxygens (including phenoxy) is 2. The van der Waals surface area contributed by atoms with Gasteiger partial charge in [-0.3, -0.25) is 0 Å². The van der Waals surface area contributed by atoms with Crippen LogP contribution in [0, 0.1) is 17.3 Å². The molecule has 1 spiro atoms. The monoisotopic (exact) mass is 373 g/mol. The molecule has 0 amide bonds. The van der Waals surface area contributed by atoms with Crippen LogP contribution in [0.25, 0.3) is 0 Å². The van der Waals surface area contributed by atoms with Crippen molar-refractivity contribution >= 4 is 11.8 Å². The van der Waals surface area contributed by atoms with Crippen LogP contribution in [0.1, 0.15) is 53.9 Å². The van der Waals surface area contributed by atoms with Gasteiger partial charge in [0.05, 0.1) is 6.61 Å². The van der Waals surface area contributed by atoms with Gasteiger partial charge in [0.15, 0.2) is 11.9 Å². The molecule has 5 heterocycles. The zero-order valence-corrected chi connectivity index (χ0v) is 17.2. The first-order valence-electron chi connectivity index (χ1n) is 9.75. The normalized spacial score (nSPS) is 43.0. The molecule has 5 aliphatic rings. The Morgan fingerprint density at radius 3 is 2.32 bits per heavy atom. The molecule has 0 aliphatic carbocycles. The van der Waals surface area contributed by atoms with Crippen LogP contribution in [-0.2, 0) is 19.2 Å². The molecule has 0 saturated carbocycles. The fourth-order valence-electron chi connectivity index (χ4n) is 4.55. The molecule has 6 heteroatoms. The van der Waals surface area contributed by atoms with Crippen LogP contribution < -0.4 is 5.32 Å². The van der Waals surface area contributed by atoms with Crippen molar-refractivity contribution in [1.82, 2.24) is 5.32 Å². The Balaban J connectivity index is 0.000000258. The lowest BCUT2D eigenvalue weighted by molar-refractivity contribution is -0.569. The molecule has 5 rings (SSSR count). The summed E-state index contributed by atoms with van der Waals surface area (Å²) in [5.41, 5.74) is -0.508. The number of hydrogen-bond donors (Lipinski definition) is 1. The predicted octanol–water partition coefficient (Wildman–Crippen LogP) is 3.58. The Kier molecular flexibility index (Phi) is 6.08. The molecule has 0 aromatic heterocycles. The Bertz CT molecular complexity index is 445. The zero-order valence-electron chi connectivity index (χ0n) is 16.4. The van der Waals surface area contributed by atoms with Crippen LogP contribution in [0.5, 0.6) is 0 Å². The first kappa shape index (κ1) is 19.9. The third-order valence-corrected chi connectivity index (χ3v) is 7.21. The van der Waals surface area contributed by atoms with E-state index in [1.807, 2.05) is 18.7 Å². The van der Waals surface area contributed by atoms with E-state index in [0.717, 1.165) is 25.9 Å². The van der Waals surface area contributed by atoms with Gasteiger partial charge in [-0.1, -0.05) is 27.7 Å². The van der Waals surface area contributed by atoms with E-state index in [4.69, 9.17) is 19.2 Å². The number of hydrogen-bond acceptors (Lipinski definition) is 6. The second kappa shape index (κ2) is 7.64. The summed E-state index contributed by atoms with van der Waals surface area (Å²) in [6.45, 7) is 14.1. The van der Waals surface area contributed by atoms with E-state index in [2.05, 4.69) is 33.0 Å². The van der Waals surface area contributed by atoms with E-state index in [1.165, 1.54) is 24.6 Å². The van der Waals surface area contributed by atoms with E-state index in [9.17, 15) is 0 Å². The largest absolute Gasteiger partial charge is 0.349 e. The minimum Gasteiger partial charge on any atom is -0.349 e. The summed E-state index contributed by atoms with van der Waals surface area (Å²) in [6, 6.07) is 0. The maximum absolute atomic E-state index is 6.14. The molecule has 0 aromatic carbocycles. The van der Waals surface area contributed by atoms with Crippen LogP contribution in [0.3, 0.4) is 0 Å². The first-order valence-corrected chi connectivity index (χ1v) is 10.9. The van der Waals surface area contributed by atoms with Gasteiger partial charge in [0.25, 0.3) is 0 Å². The lowest BCUT2D eigenvalue weighted by atomic mass is 9.61. The fourth-order valence-corrected chi connectivity index (χ4v) is 5.33. The molecule has 146 valence electrons. The van der Waals surface area contributed by atoms with Gasteiger partial charge in [0.1, 0.15) is 0 Å². The quantitative estimate of drug-likeness (QED) is 0.709. The summed E-state index contributed by atoms with van der Waals surface area (Å²) >= 11 is 2.03. The van der Waals surface area contributed by atoms with Crippen LogP contribution >= 0.6 is 11.8 Å². The predicted molar refractivity (Wildman–Crippen MR) is 100 cm³/mol. The van der Waals surface area contributed by atoms with E-state index in [-0.39, 0.29) is 11.7 Å². The molecule has 4 atom stereocenters. The summed E-state index contributed by atoms with van der Waals surface area (Å²) in [5, 5.41) is 3.26. The van der Waals surface area contributed by atoms with E-state index >= 15 is 0 Å². The van der Waals surface area contributed by atoms with Crippen molar-refractivity contribution in [2.24, 2.45) is 17.3 Å². The second-order valence-corrected chi connectivity index (χ2v) is 10.0. The first-order chi connectivity index (χ1) is 11.8. The molecule has 25 heavy (non-hydrogen) atoms. The molecule has 0 radical (unpaired) electrons. The van der Waals surface area contributed by atoms with Crippen LogP contribution in [0.4, 0.5) is 0 Å². The van der Waals surface area contributed by atoms with E-state index in [1.54, 1.807) is 0 Å². The third-order valence-electron chi connectivity index (χ3n) is 6.23. The van der Waals surface area contributed by atoms with Crippen LogP contribution in [-0.4, -0.2) is 48.9 Å². The topological polar surface area (TPSA) is 49.0 Å². The minimum absolute atomic E-state index is 0.0173. The molecule has 2 bridgehead atoms. The summed E-state index contributed by atoms with van der Waals surface area (Å²) in [5.74, 6) is 2.85. The van der Waals surface area contributed by atoms with Crippen molar-refractivity contribution in [2.45, 2.75) is 71.6 Å². The van der Waals surface area contributed by atoms with Gasteiger partial charge in [-0.25, -0.2) is 9.78 Å². The van der Waals surface area contributed by atoms with Gasteiger partial charge in [-0.2, -0.15) is 11.8 Å². The highest BCUT2D eigenvalue weighted by atomic mass is 32.2. The molecule has 1 N–H and O–H groups in total. The molecule has 5 aliphatic heterocycles. The molecular weight excluding hydrogens is 338 g/mol. The number of rotatable bonds is 1. The average molecular weight is 374 g/mol. The maximum Gasteiger partial charge on any atom is 0.201 e. The molecule has 5 fully saturated rings. The lowest BCUT2D eigenvalue weighted by Crippen LogP contribution is -2.68. The average Bonchev–Trinajstić information content (AvgIpc) is 2.81. The standard InChI is InChI=1S/C15H26O4.C4H9NS/c1-10(2)11-6-7-14(5)17-12-15(11,19-18-14)13(3,4)8-9-16-12;1-3-6-4-2-5-1/h10-12H,6-9H2,1-5H3;5H,1-4H2. The van der Waals surface area contributed by atoms with Crippen molar-refractivity contribution in [3.05, 3.63) is 0 Å². The summed E-state index contributed by atoms with van der Waals surface area (Å²) in [6.07, 6.45) is 2.56. The molecule has 4 unspecified atom stereocenters. The smallest absolute Gasteiger partial charge is 0.201 e. The summed E-state index contributed by atoms with van der Waals surface area (Å²) in [4.78, 5) is 11.7. The lowest BCUT2D eigenvalue weighted by Gasteiger charge is -2.58. The SMILES string of the molecule is C1CSCCN1.CC(C)C1CCC2(C)OOC13C(OCCC3(C)C)O2. The Labute approximate surface area is 156 Å². The molecular formula is C19H35NO4S. The highest BCUT2D eigenvalue weighted by Crippen LogP contribution is 2.58. The maximum atomic E-state index is 6.14. The number of thioether (sulfide) groups is 1. The Morgan fingerprint density at radius 1 is 1.04 bits per heavy atom. The molecule has 5 saturated heterocycles. The van der Waals surface area contributed by atoms with Gasteiger partial charge in [0, 0.05) is 36.4 Å². The second-order valence-electron chi connectivity index (χ2n) is 8.80. The van der Waals surface area contributed by atoms with Gasteiger partial charge < -0.3 is 14.8 Å². The summed E-state index contributed by atoms with van der Waals surface area (Å²) in [7, 11) is 0. The third kappa shape index (κ3) is 3.76. The van der Waals surface area contributed by atoms with Gasteiger partial charge in [-0.15, -0.1) is 0 Å². The van der Waals surface area contributed by atoms with Gasteiger partial charge in [0.2, 0.25) is 5.79 Å². The van der Waals surface area contributed by atoms with Crippen LogP contribution in [0.2, 0.25) is 0 Å². The van der Waals surface area contributed by atoms with E-state index in [0.29, 0.717) is 11.8 Å². The minimum atomic E-state index is -0.661. The van der Waals surface area contributed by atoms with Gasteiger partial charge in [-0.05, 0) is 31.6 Å². The fraction of sp³-hybridized carbons (Fsp3) is 1.00. The van der Waals surface area contributed by atoms with Crippen molar-refractivity contribution in [3.8, 4) is 0 Å². The molecule has 0 aromatic rings. The van der Waals surface area contributed by atoms with Crippen molar-refractivity contribution in [1.29, 1.82) is 0 Å². The summed E-state index contributed by atoms with van der Waals surface area (Å²) < 4.78 is 12.1. The van der Waals surface area contributed by atoms with Crippen LogP contribution in [0.15, 0.2) is 0 Å².